The van der Waals surface area contributed by atoms with Crippen molar-refractivity contribution in [1.82, 2.24) is 5.32 Å². The summed E-state index contributed by atoms with van der Waals surface area (Å²) in [5, 5.41) is 2.94. The van der Waals surface area contributed by atoms with Crippen LogP contribution in [0.1, 0.15) is 32.6 Å². The van der Waals surface area contributed by atoms with E-state index in [2.05, 4.69) is 5.32 Å². The summed E-state index contributed by atoms with van der Waals surface area (Å²) in [5.41, 5.74) is 0. The number of unbranched alkanes of at least 4 members (excludes halogenated alkanes) is 2. The number of rotatable bonds is 6. The zero-order chi connectivity index (χ0) is 11.1. The Labute approximate surface area is 96.5 Å². The lowest BCUT2D eigenvalue weighted by atomic mass is 10.1. The molecule has 1 rings (SSSR count). The Kier molecular flexibility index (Phi) is 6.03. The molecule has 0 aromatic rings. The molecule has 4 heteroatoms. The highest BCUT2D eigenvalue weighted by atomic mass is 35.5. The van der Waals surface area contributed by atoms with Gasteiger partial charge in [0.15, 0.2) is 0 Å². The predicted octanol–water partition coefficient (Wildman–Crippen LogP) is 1.94. The standard InChI is InChI=1S/C11H20ClNO2/c1-9-7-10(8-15-9)11(14)13-6-4-2-3-5-12/h9-10H,2-8H2,1H3,(H,13,14). The van der Waals surface area contributed by atoms with Gasteiger partial charge in [0.05, 0.1) is 18.6 Å². The number of hydrogen-bond acceptors (Lipinski definition) is 2. The van der Waals surface area contributed by atoms with Crippen LogP contribution in [0.4, 0.5) is 0 Å². The van der Waals surface area contributed by atoms with E-state index in [1.807, 2.05) is 6.92 Å². The van der Waals surface area contributed by atoms with Gasteiger partial charge in [-0.25, -0.2) is 0 Å². The topological polar surface area (TPSA) is 38.3 Å². The van der Waals surface area contributed by atoms with E-state index >= 15 is 0 Å². The van der Waals surface area contributed by atoms with Crippen LogP contribution in [0, 0.1) is 5.92 Å². The molecule has 3 nitrogen and oxygen atoms in total. The van der Waals surface area contributed by atoms with Crippen molar-refractivity contribution in [1.29, 1.82) is 0 Å². The highest BCUT2D eigenvalue weighted by Gasteiger charge is 2.27. The number of nitrogens with one attached hydrogen (secondary N) is 1. The summed E-state index contributed by atoms with van der Waals surface area (Å²) in [6.07, 6.45) is 4.22. The van der Waals surface area contributed by atoms with Gasteiger partial charge in [0.1, 0.15) is 0 Å². The maximum Gasteiger partial charge on any atom is 0.225 e. The number of ether oxygens (including phenoxy) is 1. The fraction of sp³-hybridized carbons (Fsp3) is 0.909. The monoisotopic (exact) mass is 233 g/mol. The molecule has 2 atom stereocenters. The van der Waals surface area contributed by atoms with Crippen molar-refractivity contribution in [2.75, 3.05) is 19.0 Å². The molecule has 1 aliphatic heterocycles. The molecule has 1 heterocycles. The lowest BCUT2D eigenvalue weighted by Crippen LogP contribution is -2.31. The normalized spacial score (nSPS) is 25.5. The van der Waals surface area contributed by atoms with E-state index < -0.39 is 0 Å². The molecule has 0 radical (unpaired) electrons. The molecule has 0 aliphatic carbocycles. The molecule has 0 aromatic carbocycles. The number of carbonyl (C=O) groups is 1. The average molecular weight is 234 g/mol. The summed E-state index contributed by atoms with van der Waals surface area (Å²) in [6.45, 7) is 3.35. The second-order valence-corrected chi connectivity index (χ2v) is 4.50. The van der Waals surface area contributed by atoms with Crippen molar-refractivity contribution >= 4 is 17.5 Å². The van der Waals surface area contributed by atoms with E-state index in [1.54, 1.807) is 0 Å². The van der Waals surface area contributed by atoms with Gasteiger partial charge in [-0.2, -0.15) is 0 Å². The van der Waals surface area contributed by atoms with Crippen molar-refractivity contribution in [3.8, 4) is 0 Å². The van der Waals surface area contributed by atoms with Crippen molar-refractivity contribution < 1.29 is 9.53 Å². The van der Waals surface area contributed by atoms with E-state index in [9.17, 15) is 4.79 Å². The number of halogens is 1. The number of alkyl halides is 1. The summed E-state index contributed by atoms with van der Waals surface area (Å²) in [4.78, 5) is 11.6. The van der Waals surface area contributed by atoms with Crippen LogP contribution in [0.25, 0.3) is 0 Å². The van der Waals surface area contributed by atoms with Crippen LogP contribution in [-0.2, 0) is 9.53 Å². The lowest BCUT2D eigenvalue weighted by molar-refractivity contribution is -0.124. The van der Waals surface area contributed by atoms with Gasteiger partial charge in [-0.1, -0.05) is 6.42 Å². The van der Waals surface area contributed by atoms with Crippen LogP contribution < -0.4 is 5.32 Å². The molecule has 1 aliphatic rings. The van der Waals surface area contributed by atoms with E-state index in [0.717, 1.165) is 32.2 Å². The van der Waals surface area contributed by atoms with Gasteiger partial charge >= 0.3 is 0 Å². The van der Waals surface area contributed by atoms with Crippen molar-refractivity contribution in [3.05, 3.63) is 0 Å². The number of hydrogen-bond donors (Lipinski definition) is 1. The first kappa shape index (κ1) is 12.8. The molecule has 2 unspecified atom stereocenters. The summed E-state index contributed by atoms with van der Waals surface area (Å²) in [5.74, 6) is 0.917. The third kappa shape index (κ3) is 4.85. The van der Waals surface area contributed by atoms with E-state index in [4.69, 9.17) is 16.3 Å². The molecule has 15 heavy (non-hydrogen) atoms. The quantitative estimate of drug-likeness (QED) is 0.563. The lowest BCUT2D eigenvalue weighted by Gasteiger charge is -2.08. The molecule has 0 spiro atoms. The van der Waals surface area contributed by atoms with Crippen molar-refractivity contribution in [2.24, 2.45) is 5.92 Å². The molecular formula is C11H20ClNO2. The predicted molar refractivity (Wildman–Crippen MR) is 61.1 cm³/mol. The van der Waals surface area contributed by atoms with Gasteiger partial charge in [-0.15, -0.1) is 11.6 Å². The van der Waals surface area contributed by atoms with Gasteiger partial charge in [0, 0.05) is 12.4 Å². The van der Waals surface area contributed by atoms with Crippen LogP contribution in [0.15, 0.2) is 0 Å². The first-order valence-electron chi connectivity index (χ1n) is 5.69. The summed E-state index contributed by atoms with van der Waals surface area (Å²) in [6, 6.07) is 0. The minimum Gasteiger partial charge on any atom is -0.378 e. The van der Waals surface area contributed by atoms with Gasteiger partial charge in [-0.3, -0.25) is 4.79 Å². The van der Waals surface area contributed by atoms with Crippen LogP contribution in [0.3, 0.4) is 0 Å². The van der Waals surface area contributed by atoms with Crippen molar-refractivity contribution in [2.45, 2.75) is 38.7 Å². The molecule has 1 amide bonds. The first-order valence-corrected chi connectivity index (χ1v) is 6.22. The number of carbonyl (C=O) groups excluding carboxylic acids is 1. The molecule has 0 bridgehead atoms. The Hall–Kier alpha value is -0.280. The molecular weight excluding hydrogens is 214 g/mol. The van der Waals surface area contributed by atoms with Gasteiger partial charge in [0.25, 0.3) is 0 Å². The SMILES string of the molecule is CC1CC(C(=O)NCCCCCCl)CO1. The van der Waals surface area contributed by atoms with Crippen LogP contribution in [-0.4, -0.2) is 31.0 Å². The zero-order valence-corrected chi connectivity index (χ0v) is 10.1. The second kappa shape index (κ2) is 7.07. The Bertz CT molecular complexity index is 199. The Morgan fingerprint density at radius 2 is 2.27 bits per heavy atom. The van der Waals surface area contributed by atoms with E-state index in [0.29, 0.717) is 12.5 Å². The van der Waals surface area contributed by atoms with Gasteiger partial charge < -0.3 is 10.1 Å². The third-order valence-corrected chi connectivity index (χ3v) is 2.95. The molecule has 0 saturated carbocycles. The fourth-order valence-corrected chi connectivity index (χ4v) is 1.94. The van der Waals surface area contributed by atoms with E-state index in [-0.39, 0.29) is 17.9 Å². The molecule has 1 fully saturated rings. The summed E-state index contributed by atoms with van der Waals surface area (Å²) in [7, 11) is 0. The zero-order valence-electron chi connectivity index (χ0n) is 9.30. The minimum atomic E-state index is 0.0630. The van der Waals surface area contributed by atoms with Crippen LogP contribution in [0.2, 0.25) is 0 Å². The smallest absolute Gasteiger partial charge is 0.225 e. The third-order valence-electron chi connectivity index (χ3n) is 2.68. The summed E-state index contributed by atoms with van der Waals surface area (Å²) < 4.78 is 5.35. The first-order chi connectivity index (χ1) is 7.24. The number of amides is 1. The highest BCUT2D eigenvalue weighted by Crippen LogP contribution is 2.18. The van der Waals surface area contributed by atoms with Crippen LogP contribution in [0.5, 0.6) is 0 Å². The highest BCUT2D eigenvalue weighted by molar-refractivity contribution is 6.17. The van der Waals surface area contributed by atoms with Gasteiger partial charge in [-0.05, 0) is 26.2 Å². The average Bonchev–Trinajstić information content (AvgIpc) is 2.64. The molecule has 0 aromatic heterocycles. The Morgan fingerprint density at radius 3 is 2.87 bits per heavy atom. The maximum atomic E-state index is 11.6. The van der Waals surface area contributed by atoms with Gasteiger partial charge in [0.2, 0.25) is 5.91 Å². The minimum absolute atomic E-state index is 0.0630. The maximum absolute atomic E-state index is 11.6. The fourth-order valence-electron chi connectivity index (χ4n) is 1.75. The van der Waals surface area contributed by atoms with E-state index in [1.165, 1.54) is 0 Å². The molecule has 1 saturated heterocycles. The summed E-state index contributed by atoms with van der Waals surface area (Å²) >= 11 is 5.56. The Balaban J connectivity index is 2.03. The van der Waals surface area contributed by atoms with Crippen LogP contribution >= 0.6 is 11.6 Å². The second-order valence-electron chi connectivity index (χ2n) is 4.12. The Morgan fingerprint density at radius 1 is 1.47 bits per heavy atom. The largest absolute Gasteiger partial charge is 0.378 e. The van der Waals surface area contributed by atoms with Crippen molar-refractivity contribution in [3.63, 3.8) is 0 Å². The molecule has 1 N–H and O–H groups in total. The molecule has 88 valence electrons.